The van der Waals surface area contributed by atoms with Crippen LogP contribution in [-0.2, 0) is 4.74 Å². The molecule has 1 N–H and O–H groups in total. The van der Waals surface area contributed by atoms with E-state index in [0.29, 0.717) is 6.10 Å². The van der Waals surface area contributed by atoms with Gasteiger partial charge in [0.05, 0.1) is 6.10 Å². The minimum atomic E-state index is 0.493. The summed E-state index contributed by atoms with van der Waals surface area (Å²) in [7, 11) is 1.77. The van der Waals surface area contributed by atoms with Crippen molar-refractivity contribution in [1.29, 1.82) is 0 Å². The summed E-state index contributed by atoms with van der Waals surface area (Å²) in [6.45, 7) is 2.00. The lowest BCUT2D eigenvalue weighted by Crippen LogP contribution is -2.24. The van der Waals surface area contributed by atoms with Crippen LogP contribution in [0.2, 0.25) is 0 Å². The smallest absolute Gasteiger partial charge is 0.147 e. The Hall–Kier alpha value is -0.0800. The highest BCUT2D eigenvalue weighted by Gasteiger charge is 2.14. The molecule has 0 bridgehead atoms. The Morgan fingerprint density at radius 2 is 2.00 bits per heavy atom. The molecule has 1 saturated heterocycles. The lowest BCUT2D eigenvalue weighted by molar-refractivity contribution is -0.107. The van der Waals surface area contributed by atoms with E-state index in [1.807, 2.05) is 0 Å². The van der Waals surface area contributed by atoms with Gasteiger partial charge >= 0.3 is 0 Å². The van der Waals surface area contributed by atoms with Gasteiger partial charge in [-0.1, -0.05) is 0 Å². The van der Waals surface area contributed by atoms with Gasteiger partial charge in [-0.15, -0.1) is 0 Å². The van der Waals surface area contributed by atoms with E-state index in [0.717, 1.165) is 26.1 Å². The first-order valence-corrected chi connectivity index (χ1v) is 3.09. The summed E-state index contributed by atoms with van der Waals surface area (Å²) in [5.74, 6) is 0. The van der Waals surface area contributed by atoms with Gasteiger partial charge in [0.1, 0.15) is 13.2 Å². The first-order valence-electron chi connectivity index (χ1n) is 3.09. The molecule has 0 unspecified atom stereocenters. The summed E-state index contributed by atoms with van der Waals surface area (Å²) >= 11 is 0. The molecule has 1 fully saturated rings. The molecule has 0 amide bonds. The summed E-state index contributed by atoms with van der Waals surface area (Å²) < 4.78 is 9.33. The van der Waals surface area contributed by atoms with E-state index >= 15 is 0 Å². The van der Waals surface area contributed by atoms with Gasteiger partial charge in [0.2, 0.25) is 0 Å². The fourth-order valence-electron chi connectivity index (χ4n) is 0.962. The molecular formula is C6H13O2+. The van der Waals surface area contributed by atoms with E-state index < -0.39 is 0 Å². The Balaban J connectivity index is 2.13. The highest BCUT2D eigenvalue weighted by atomic mass is 16.5. The van der Waals surface area contributed by atoms with E-state index in [1.54, 1.807) is 7.11 Å². The molecule has 2 heteroatoms. The molecule has 1 heterocycles. The Kier molecular flexibility index (Phi) is 2.30. The molecule has 0 spiro atoms. The molecule has 1 rings (SSSR count). The van der Waals surface area contributed by atoms with E-state index in [1.165, 1.54) is 0 Å². The van der Waals surface area contributed by atoms with Crippen LogP contribution < -0.4 is 0 Å². The Morgan fingerprint density at radius 1 is 1.38 bits per heavy atom. The lowest BCUT2D eigenvalue weighted by atomic mass is 10.2. The molecule has 0 atom stereocenters. The second-order valence-corrected chi connectivity index (χ2v) is 2.11. The van der Waals surface area contributed by atoms with E-state index in [4.69, 9.17) is 4.74 Å². The number of rotatable bonds is 1. The lowest BCUT2D eigenvalue weighted by Gasteiger charge is -2.16. The molecular weight excluding hydrogens is 104 g/mol. The number of hydrogen-bond donors (Lipinski definition) is 0. The van der Waals surface area contributed by atoms with Crippen molar-refractivity contribution in [1.82, 2.24) is 0 Å². The summed E-state index contributed by atoms with van der Waals surface area (Å²) in [5, 5.41) is 0. The number of ether oxygens (including phenoxy) is 2. The van der Waals surface area contributed by atoms with Gasteiger partial charge in [-0.2, -0.15) is 0 Å². The van der Waals surface area contributed by atoms with Crippen LogP contribution in [-0.4, -0.2) is 31.2 Å². The van der Waals surface area contributed by atoms with Crippen molar-refractivity contribution in [2.24, 2.45) is 0 Å². The zero-order valence-electron chi connectivity index (χ0n) is 5.26. The van der Waals surface area contributed by atoms with Crippen molar-refractivity contribution in [3.05, 3.63) is 0 Å². The zero-order valence-corrected chi connectivity index (χ0v) is 5.26. The first kappa shape index (κ1) is 6.05. The summed E-state index contributed by atoms with van der Waals surface area (Å²) in [6.07, 6.45) is 2.74. The SMILES string of the molecule is COC1CC[OH+]CC1. The van der Waals surface area contributed by atoms with Crippen molar-refractivity contribution < 1.29 is 9.47 Å². The second kappa shape index (κ2) is 3.05. The minimum Gasteiger partial charge on any atom is -0.434 e. The first-order chi connectivity index (χ1) is 3.93. The van der Waals surface area contributed by atoms with E-state index in [9.17, 15) is 0 Å². The molecule has 0 aliphatic carbocycles. The quantitative estimate of drug-likeness (QED) is 0.453. The largest absolute Gasteiger partial charge is 0.434 e. The Bertz CT molecular complexity index is 57.5. The number of aliphatic hydroxyl groups is 2. The summed E-state index contributed by atoms with van der Waals surface area (Å²) in [6, 6.07) is 0. The van der Waals surface area contributed by atoms with Gasteiger partial charge < -0.3 is 9.47 Å². The predicted octanol–water partition coefficient (Wildman–Crippen LogP) is 0.323. The van der Waals surface area contributed by atoms with Crippen molar-refractivity contribution in [3.8, 4) is 0 Å². The van der Waals surface area contributed by atoms with Crippen LogP contribution in [0.5, 0.6) is 0 Å². The second-order valence-electron chi connectivity index (χ2n) is 2.11. The minimum absolute atomic E-state index is 0.493. The highest BCUT2D eigenvalue weighted by Crippen LogP contribution is 2.06. The van der Waals surface area contributed by atoms with Crippen molar-refractivity contribution in [3.63, 3.8) is 0 Å². The van der Waals surface area contributed by atoms with Gasteiger partial charge in [-0.3, -0.25) is 0 Å². The normalized spacial score (nSPS) is 23.6. The topological polar surface area (TPSA) is 22.0 Å². The number of hydrogen-bond acceptors (Lipinski definition) is 1. The zero-order chi connectivity index (χ0) is 5.82. The van der Waals surface area contributed by atoms with Crippen LogP contribution in [0.4, 0.5) is 0 Å². The molecule has 0 aromatic rings. The Morgan fingerprint density at radius 3 is 2.38 bits per heavy atom. The summed E-state index contributed by atoms with van der Waals surface area (Å²) in [5.41, 5.74) is 0. The molecule has 1 aliphatic rings. The molecule has 0 radical (unpaired) electrons. The third kappa shape index (κ3) is 1.46. The van der Waals surface area contributed by atoms with Gasteiger partial charge in [0, 0.05) is 20.0 Å². The maximum absolute atomic E-state index is 5.13. The maximum atomic E-state index is 5.13. The fourth-order valence-corrected chi connectivity index (χ4v) is 0.962. The maximum Gasteiger partial charge on any atom is 0.147 e. The van der Waals surface area contributed by atoms with Gasteiger partial charge in [-0.25, -0.2) is 0 Å². The van der Waals surface area contributed by atoms with Crippen molar-refractivity contribution in [2.45, 2.75) is 18.9 Å². The van der Waals surface area contributed by atoms with Crippen LogP contribution >= 0.6 is 0 Å². The van der Waals surface area contributed by atoms with Crippen molar-refractivity contribution >= 4 is 0 Å². The molecule has 2 nitrogen and oxygen atoms in total. The van der Waals surface area contributed by atoms with E-state index in [-0.39, 0.29) is 0 Å². The average molecular weight is 117 g/mol. The average Bonchev–Trinajstić information content (AvgIpc) is 1.90. The third-order valence-electron chi connectivity index (χ3n) is 1.55. The van der Waals surface area contributed by atoms with Crippen LogP contribution in [0.15, 0.2) is 0 Å². The van der Waals surface area contributed by atoms with Gasteiger partial charge in [0.15, 0.2) is 0 Å². The van der Waals surface area contributed by atoms with Crippen LogP contribution in [0.3, 0.4) is 0 Å². The van der Waals surface area contributed by atoms with Crippen molar-refractivity contribution in [2.75, 3.05) is 20.3 Å². The highest BCUT2D eigenvalue weighted by molar-refractivity contribution is 4.59. The predicted molar refractivity (Wildman–Crippen MR) is 32.0 cm³/mol. The molecule has 1 aliphatic heterocycles. The molecule has 0 aromatic carbocycles. The van der Waals surface area contributed by atoms with E-state index in [2.05, 4.69) is 4.74 Å². The fraction of sp³-hybridized carbons (Fsp3) is 1.00. The van der Waals surface area contributed by atoms with Gasteiger partial charge in [0.25, 0.3) is 0 Å². The molecule has 8 heavy (non-hydrogen) atoms. The van der Waals surface area contributed by atoms with Gasteiger partial charge in [-0.05, 0) is 0 Å². The molecule has 0 saturated carbocycles. The molecule has 48 valence electrons. The third-order valence-corrected chi connectivity index (χ3v) is 1.55. The molecule has 0 aromatic heterocycles. The van der Waals surface area contributed by atoms with Crippen LogP contribution in [0.1, 0.15) is 12.8 Å². The Labute approximate surface area is 49.8 Å². The van der Waals surface area contributed by atoms with Crippen LogP contribution in [0, 0.1) is 0 Å². The number of methoxy groups -OCH3 is 1. The standard InChI is InChI=1S/C6H12O2/c1-7-6-2-4-8-5-3-6/h6H,2-5H2,1H3/p+1. The van der Waals surface area contributed by atoms with Crippen LogP contribution in [0.25, 0.3) is 0 Å². The monoisotopic (exact) mass is 117 g/mol. The summed E-state index contributed by atoms with van der Waals surface area (Å²) in [4.78, 5) is 0.